The van der Waals surface area contributed by atoms with Gasteiger partial charge in [0, 0.05) is 37.0 Å². The molecule has 3 rings (SSSR count). The first-order valence-corrected chi connectivity index (χ1v) is 8.77. The summed E-state index contributed by atoms with van der Waals surface area (Å²) in [6.07, 6.45) is 3.10. The number of hydrogen-bond acceptors (Lipinski definition) is 2. The van der Waals surface area contributed by atoms with E-state index >= 15 is 0 Å². The molecule has 5 nitrogen and oxygen atoms in total. The predicted octanol–water partition coefficient (Wildman–Crippen LogP) is 2.57. The SMILES string of the molecule is CC(=O)N[C@H](Cc1c[nH]c2ccccc12)C(=O)NCCc1ccccc1. The highest BCUT2D eigenvalue weighted by molar-refractivity contribution is 5.89. The van der Waals surface area contributed by atoms with Crippen molar-refractivity contribution in [3.05, 3.63) is 71.9 Å². The van der Waals surface area contributed by atoms with Crippen LogP contribution in [0.4, 0.5) is 0 Å². The van der Waals surface area contributed by atoms with Crippen LogP contribution in [-0.2, 0) is 22.4 Å². The number of aromatic nitrogens is 1. The molecule has 5 heteroatoms. The average Bonchev–Trinajstić information content (AvgIpc) is 3.05. The Hall–Kier alpha value is -3.08. The highest BCUT2D eigenvalue weighted by Gasteiger charge is 2.21. The Morgan fingerprint density at radius 2 is 1.77 bits per heavy atom. The van der Waals surface area contributed by atoms with E-state index in [4.69, 9.17) is 0 Å². The second-order valence-corrected chi connectivity index (χ2v) is 6.34. The molecule has 0 saturated carbocycles. The molecule has 0 aliphatic rings. The van der Waals surface area contributed by atoms with Crippen molar-refractivity contribution in [2.24, 2.45) is 0 Å². The number of hydrogen-bond donors (Lipinski definition) is 3. The molecular weight excluding hydrogens is 326 g/mol. The minimum absolute atomic E-state index is 0.165. The van der Waals surface area contributed by atoms with Gasteiger partial charge in [0.2, 0.25) is 11.8 Å². The fourth-order valence-corrected chi connectivity index (χ4v) is 3.07. The van der Waals surface area contributed by atoms with Crippen LogP contribution in [0.2, 0.25) is 0 Å². The molecule has 0 bridgehead atoms. The molecule has 134 valence electrons. The number of carbonyl (C=O) groups excluding carboxylic acids is 2. The van der Waals surface area contributed by atoms with Gasteiger partial charge >= 0.3 is 0 Å². The number of rotatable bonds is 7. The summed E-state index contributed by atoms with van der Waals surface area (Å²) in [4.78, 5) is 27.3. The molecule has 0 spiro atoms. The summed E-state index contributed by atoms with van der Waals surface area (Å²) in [5.41, 5.74) is 3.20. The summed E-state index contributed by atoms with van der Waals surface area (Å²) >= 11 is 0. The zero-order valence-electron chi connectivity index (χ0n) is 14.8. The van der Waals surface area contributed by atoms with Crippen LogP contribution in [0.15, 0.2) is 60.8 Å². The Morgan fingerprint density at radius 3 is 2.54 bits per heavy atom. The van der Waals surface area contributed by atoms with Crippen LogP contribution in [0.5, 0.6) is 0 Å². The van der Waals surface area contributed by atoms with Crippen molar-refractivity contribution in [1.29, 1.82) is 0 Å². The number of carbonyl (C=O) groups is 2. The molecule has 2 aromatic carbocycles. The Balaban J connectivity index is 1.65. The zero-order chi connectivity index (χ0) is 18.4. The van der Waals surface area contributed by atoms with Crippen LogP contribution in [0, 0.1) is 0 Å². The fourth-order valence-electron chi connectivity index (χ4n) is 3.07. The molecular formula is C21H23N3O2. The number of aromatic amines is 1. The van der Waals surface area contributed by atoms with Crippen LogP contribution in [0.25, 0.3) is 10.9 Å². The molecule has 0 fully saturated rings. The number of benzene rings is 2. The van der Waals surface area contributed by atoms with Gasteiger partial charge in [0.25, 0.3) is 0 Å². The van der Waals surface area contributed by atoms with Crippen molar-refractivity contribution in [1.82, 2.24) is 15.6 Å². The van der Waals surface area contributed by atoms with Crippen molar-refractivity contribution < 1.29 is 9.59 Å². The Kier molecular flexibility index (Phi) is 5.69. The highest BCUT2D eigenvalue weighted by atomic mass is 16.2. The summed E-state index contributed by atoms with van der Waals surface area (Å²) in [6, 6.07) is 17.3. The van der Waals surface area contributed by atoms with E-state index in [0.717, 1.165) is 22.9 Å². The van der Waals surface area contributed by atoms with E-state index in [-0.39, 0.29) is 11.8 Å². The number of H-pyrrole nitrogens is 1. The molecule has 0 aliphatic carbocycles. The third-order valence-corrected chi connectivity index (χ3v) is 4.35. The van der Waals surface area contributed by atoms with Crippen LogP contribution in [-0.4, -0.2) is 29.4 Å². The zero-order valence-corrected chi connectivity index (χ0v) is 14.8. The van der Waals surface area contributed by atoms with E-state index in [1.54, 1.807) is 0 Å². The smallest absolute Gasteiger partial charge is 0.242 e. The summed E-state index contributed by atoms with van der Waals surface area (Å²) in [6.45, 7) is 1.96. The van der Waals surface area contributed by atoms with E-state index in [2.05, 4.69) is 15.6 Å². The average molecular weight is 349 g/mol. The maximum Gasteiger partial charge on any atom is 0.242 e. The van der Waals surface area contributed by atoms with Gasteiger partial charge < -0.3 is 15.6 Å². The lowest BCUT2D eigenvalue weighted by Crippen LogP contribution is -2.47. The first-order chi connectivity index (χ1) is 12.6. The van der Waals surface area contributed by atoms with Gasteiger partial charge in [-0.25, -0.2) is 0 Å². The Bertz CT molecular complexity index is 886. The molecule has 0 saturated heterocycles. The molecule has 3 N–H and O–H groups in total. The fraction of sp³-hybridized carbons (Fsp3) is 0.238. The van der Waals surface area contributed by atoms with E-state index < -0.39 is 6.04 Å². The second kappa shape index (κ2) is 8.34. The van der Waals surface area contributed by atoms with Gasteiger partial charge in [-0.3, -0.25) is 9.59 Å². The molecule has 0 unspecified atom stereocenters. The van der Waals surface area contributed by atoms with Crippen molar-refractivity contribution in [3.8, 4) is 0 Å². The van der Waals surface area contributed by atoms with E-state index in [0.29, 0.717) is 13.0 Å². The number of para-hydroxylation sites is 1. The molecule has 1 atom stereocenters. The summed E-state index contributed by atoms with van der Waals surface area (Å²) < 4.78 is 0. The summed E-state index contributed by atoms with van der Waals surface area (Å²) in [7, 11) is 0. The van der Waals surface area contributed by atoms with Gasteiger partial charge in [-0.15, -0.1) is 0 Å². The van der Waals surface area contributed by atoms with E-state index in [9.17, 15) is 9.59 Å². The number of nitrogens with one attached hydrogen (secondary N) is 3. The monoisotopic (exact) mass is 349 g/mol. The lowest BCUT2D eigenvalue weighted by atomic mass is 10.0. The maximum atomic E-state index is 12.6. The normalized spacial score (nSPS) is 11.9. The van der Waals surface area contributed by atoms with Crippen LogP contribution in [0.1, 0.15) is 18.1 Å². The quantitative estimate of drug-likeness (QED) is 0.613. The van der Waals surface area contributed by atoms with Crippen molar-refractivity contribution in [3.63, 3.8) is 0 Å². The van der Waals surface area contributed by atoms with Crippen molar-refractivity contribution in [2.75, 3.05) is 6.54 Å². The third kappa shape index (κ3) is 4.51. The minimum atomic E-state index is -0.595. The largest absolute Gasteiger partial charge is 0.361 e. The van der Waals surface area contributed by atoms with Gasteiger partial charge in [-0.1, -0.05) is 48.5 Å². The first-order valence-electron chi connectivity index (χ1n) is 8.77. The predicted molar refractivity (Wildman–Crippen MR) is 103 cm³/mol. The lowest BCUT2D eigenvalue weighted by molar-refractivity contribution is -0.128. The molecule has 26 heavy (non-hydrogen) atoms. The second-order valence-electron chi connectivity index (χ2n) is 6.34. The highest BCUT2D eigenvalue weighted by Crippen LogP contribution is 2.19. The Morgan fingerprint density at radius 1 is 1.04 bits per heavy atom. The third-order valence-electron chi connectivity index (χ3n) is 4.35. The molecule has 2 amide bonds. The van der Waals surface area contributed by atoms with Crippen LogP contribution < -0.4 is 10.6 Å². The molecule has 0 aliphatic heterocycles. The lowest BCUT2D eigenvalue weighted by Gasteiger charge is -2.17. The maximum absolute atomic E-state index is 12.6. The van der Waals surface area contributed by atoms with Crippen LogP contribution >= 0.6 is 0 Å². The van der Waals surface area contributed by atoms with Gasteiger partial charge in [-0.05, 0) is 23.6 Å². The molecule has 3 aromatic rings. The van der Waals surface area contributed by atoms with Gasteiger partial charge in [0.15, 0.2) is 0 Å². The minimum Gasteiger partial charge on any atom is -0.361 e. The first kappa shape index (κ1) is 17.7. The Labute approximate surface area is 152 Å². The van der Waals surface area contributed by atoms with E-state index in [1.165, 1.54) is 12.5 Å². The van der Waals surface area contributed by atoms with E-state index in [1.807, 2.05) is 60.8 Å². The van der Waals surface area contributed by atoms with Crippen molar-refractivity contribution in [2.45, 2.75) is 25.8 Å². The van der Waals surface area contributed by atoms with Gasteiger partial charge in [-0.2, -0.15) is 0 Å². The van der Waals surface area contributed by atoms with Gasteiger partial charge in [0.05, 0.1) is 0 Å². The number of fused-ring (bicyclic) bond motifs is 1. The summed E-state index contributed by atoms with van der Waals surface area (Å²) in [5, 5.41) is 6.77. The number of amides is 2. The molecule has 1 heterocycles. The van der Waals surface area contributed by atoms with Crippen molar-refractivity contribution >= 4 is 22.7 Å². The standard InChI is InChI=1S/C21H23N3O2/c1-15(25)24-20(13-17-14-23-19-10-6-5-9-18(17)19)21(26)22-12-11-16-7-3-2-4-8-16/h2-10,14,20,23H,11-13H2,1H3,(H,22,26)(H,24,25)/t20-/m1/s1. The van der Waals surface area contributed by atoms with Gasteiger partial charge in [0.1, 0.15) is 6.04 Å². The topological polar surface area (TPSA) is 74.0 Å². The molecule has 1 aromatic heterocycles. The summed E-state index contributed by atoms with van der Waals surface area (Å²) in [5.74, 6) is -0.380. The van der Waals surface area contributed by atoms with Crippen LogP contribution in [0.3, 0.4) is 0 Å². The molecule has 0 radical (unpaired) electrons.